The number of esters is 1. The highest BCUT2D eigenvalue weighted by atomic mass is 16.5. The number of carbonyl (C=O) groups is 2. The number of amides is 1. The van der Waals surface area contributed by atoms with Crippen LogP contribution in [-0.4, -0.2) is 25.6 Å². The number of aryl methyl sites for hydroxylation is 2. The molecule has 3 rings (SSSR count). The smallest absolute Gasteiger partial charge is 0.310 e. The summed E-state index contributed by atoms with van der Waals surface area (Å²) in [5, 5.41) is 2.67. The second-order valence-electron chi connectivity index (χ2n) is 6.07. The van der Waals surface area contributed by atoms with E-state index in [0.717, 1.165) is 18.4 Å². The lowest BCUT2D eigenvalue weighted by Crippen LogP contribution is -2.21. The molecule has 0 fully saturated rings. The molecule has 0 radical (unpaired) electrons. The second-order valence-corrected chi connectivity index (χ2v) is 6.07. The van der Waals surface area contributed by atoms with Gasteiger partial charge < -0.3 is 14.8 Å². The van der Waals surface area contributed by atoms with Crippen molar-refractivity contribution in [2.24, 2.45) is 0 Å². The van der Waals surface area contributed by atoms with Crippen molar-refractivity contribution in [3.05, 3.63) is 59.2 Å². The summed E-state index contributed by atoms with van der Waals surface area (Å²) in [4.78, 5) is 23.8. The van der Waals surface area contributed by atoms with Gasteiger partial charge in [0.25, 0.3) is 5.91 Å². The monoisotopic (exact) mass is 339 g/mol. The number of ether oxygens (including phenoxy) is 2. The minimum atomic E-state index is -0.400. The summed E-state index contributed by atoms with van der Waals surface area (Å²) >= 11 is 0. The van der Waals surface area contributed by atoms with E-state index in [1.165, 1.54) is 17.5 Å². The van der Waals surface area contributed by atoms with Gasteiger partial charge in [-0.1, -0.05) is 18.2 Å². The molecule has 5 nitrogen and oxygen atoms in total. The molecule has 0 aliphatic heterocycles. The number of fused-ring (bicyclic) bond motifs is 1. The van der Waals surface area contributed by atoms with E-state index in [2.05, 4.69) is 17.4 Å². The van der Waals surface area contributed by atoms with Gasteiger partial charge in [-0.3, -0.25) is 9.59 Å². The van der Waals surface area contributed by atoms with E-state index in [9.17, 15) is 9.59 Å². The third-order valence-corrected chi connectivity index (χ3v) is 4.25. The molecule has 1 amide bonds. The van der Waals surface area contributed by atoms with Gasteiger partial charge in [-0.05, 0) is 60.2 Å². The van der Waals surface area contributed by atoms with Gasteiger partial charge >= 0.3 is 5.97 Å². The van der Waals surface area contributed by atoms with E-state index in [4.69, 9.17) is 9.47 Å². The average Bonchev–Trinajstić information content (AvgIpc) is 3.08. The number of methoxy groups -OCH3 is 1. The van der Waals surface area contributed by atoms with E-state index in [0.29, 0.717) is 11.4 Å². The van der Waals surface area contributed by atoms with Gasteiger partial charge in [-0.2, -0.15) is 0 Å². The number of benzene rings is 2. The molecular formula is C20H21NO4. The molecule has 25 heavy (non-hydrogen) atoms. The van der Waals surface area contributed by atoms with Crippen molar-refractivity contribution in [2.45, 2.75) is 25.7 Å². The SMILES string of the molecule is COc1ccc(NC(=O)COC(=O)Cc2ccc3c(c2)CCC3)cc1. The van der Waals surface area contributed by atoms with E-state index in [-0.39, 0.29) is 18.9 Å². The average molecular weight is 339 g/mol. The fourth-order valence-corrected chi connectivity index (χ4v) is 2.97. The van der Waals surface area contributed by atoms with Crippen molar-refractivity contribution in [1.29, 1.82) is 0 Å². The zero-order valence-corrected chi connectivity index (χ0v) is 14.2. The van der Waals surface area contributed by atoms with Crippen molar-refractivity contribution < 1.29 is 19.1 Å². The predicted octanol–water partition coefficient (Wildman–Crippen LogP) is 2.91. The van der Waals surface area contributed by atoms with E-state index < -0.39 is 5.97 Å². The first-order valence-electron chi connectivity index (χ1n) is 8.34. The standard InChI is InChI=1S/C20H21NO4/c1-24-18-9-7-17(8-10-18)21-19(22)13-25-20(23)12-14-5-6-15-3-2-4-16(15)11-14/h5-11H,2-4,12-13H2,1H3,(H,21,22). The van der Waals surface area contributed by atoms with Crippen LogP contribution in [0.1, 0.15) is 23.1 Å². The maximum absolute atomic E-state index is 11.9. The lowest BCUT2D eigenvalue weighted by Gasteiger charge is -2.08. The maximum atomic E-state index is 11.9. The van der Waals surface area contributed by atoms with Crippen molar-refractivity contribution >= 4 is 17.6 Å². The largest absolute Gasteiger partial charge is 0.497 e. The Balaban J connectivity index is 1.45. The number of hydrogen-bond acceptors (Lipinski definition) is 4. The zero-order chi connectivity index (χ0) is 17.6. The molecule has 1 aliphatic rings. The van der Waals surface area contributed by atoms with E-state index >= 15 is 0 Å². The molecule has 0 bridgehead atoms. The zero-order valence-electron chi connectivity index (χ0n) is 14.2. The molecule has 0 saturated heterocycles. The molecule has 1 aliphatic carbocycles. The third-order valence-electron chi connectivity index (χ3n) is 4.25. The van der Waals surface area contributed by atoms with E-state index in [1.54, 1.807) is 31.4 Å². The summed E-state index contributed by atoms with van der Waals surface area (Å²) < 4.78 is 10.1. The van der Waals surface area contributed by atoms with Crippen LogP contribution in [0.25, 0.3) is 0 Å². The van der Waals surface area contributed by atoms with Crippen LogP contribution >= 0.6 is 0 Å². The summed E-state index contributed by atoms with van der Waals surface area (Å²) in [6, 6.07) is 13.1. The lowest BCUT2D eigenvalue weighted by atomic mass is 10.0. The Morgan fingerprint density at radius 1 is 1.04 bits per heavy atom. The summed E-state index contributed by atoms with van der Waals surface area (Å²) in [5.74, 6) is -0.0610. The Morgan fingerprint density at radius 3 is 2.56 bits per heavy atom. The summed E-state index contributed by atoms with van der Waals surface area (Å²) in [5.41, 5.74) is 4.25. The Kier molecular flexibility index (Phi) is 5.33. The van der Waals surface area contributed by atoms with Gasteiger partial charge in [0, 0.05) is 5.69 Å². The van der Waals surface area contributed by atoms with Crippen molar-refractivity contribution in [3.8, 4) is 5.75 Å². The van der Waals surface area contributed by atoms with Gasteiger partial charge in [-0.25, -0.2) is 0 Å². The van der Waals surface area contributed by atoms with E-state index in [1.807, 2.05) is 6.07 Å². The van der Waals surface area contributed by atoms with Crippen molar-refractivity contribution in [3.63, 3.8) is 0 Å². The summed E-state index contributed by atoms with van der Waals surface area (Å²) in [6.07, 6.45) is 3.55. The van der Waals surface area contributed by atoms with Gasteiger partial charge in [0.2, 0.25) is 0 Å². The lowest BCUT2D eigenvalue weighted by molar-refractivity contribution is -0.146. The predicted molar refractivity (Wildman–Crippen MR) is 94.8 cm³/mol. The number of hydrogen-bond donors (Lipinski definition) is 1. The minimum Gasteiger partial charge on any atom is -0.497 e. The third kappa shape index (κ3) is 4.59. The fraction of sp³-hybridized carbons (Fsp3) is 0.300. The van der Waals surface area contributed by atoms with Crippen LogP contribution in [0.4, 0.5) is 5.69 Å². The molecule has 0 spiro atoms. The topological polar surface area (TPSA) is 64.6 Å². The molecule has 0 aromatic heterocycles. The van der Waals surface area contributed by atoms with Crippen LogP contribution in [0.5, 0.6) is 5.75 Å². The van der Waals surface area contributed by atoms with Gasteiger partial charge in [0.05, 0.1) is 13.5 Å². The molecule has 5 heteroatoms. The normalized spacial score (nSPS) is 12.4. The van der Waals surface area contributed by atoms with Crippen LogP contribution in [0, 0.1) is 0 Å². The minimum absolute atomic E-state index is 0.184. The molecule has 0 atom stereocenters. The second kappa shape index (κ2) is 7.83. The van der Waals surface area contributed by atoms with Crippen LogP contribution < -0.4 is 10.1 Å². The molecule has 0 unspecified atom stereocenters. The Bertz CT molecular complexity index is 768. The molecular weight excluding hydrogens is 318 g/mol. The van der Waals surface area contributed by atoms with Crippen molar-refractivity contribution in [1.82, 2.24) is 0 Å². The first-order valence-corrected chi connectivity index (χ1v) is 8.34. The Labute approximate surface area is 147 Å². The highest BCUT2D eigenvalue weighted by Crippen LogP contribution is 2.23. The van der Waals surface area contributed by atoms with Crippen molar-refractivity contribution in [2.75, 3.05) is 19.0 Å². The molecule has 2 aromatic rings. The summed E-state index contributed by atoms with van der Waals surface area (Å²) in [6.45, 7) is -0.296. The Morgan fingerprint density at radius 2 is 1.80 bits per heavy atom. The highest BCUT2D eigenvalue weighted by Gasteiger charge is 2.13. The molecule has 0 heterocycles. The van der Waals surface area contributed by atoms with Gasteiger partial charge in [0.15, 0.2) is 6.61 Å². The first kappa shape index (κ1) is 17.0. The van der Waals surface area contributed by atoms with Gasteiger partial charge in [0.1, 0.15) is 5.75 Å². The molecule has 0 saturated carbocycles. The number of carbonyl (C=O) groups excluding carboxylic acids is 2. The van der Waals surface area contributed by atoms with Crippen LogP contribution in [-0.2, 0) is 33.6 Å². The highest BCUT2D eigenvalue weighted by molar-refractivity contribution is 5.92. The fourth-order valence-electron chi connectivity index (χ4n) is 2.97. The number of rotatable bonds is 6. The molecule has 1 N–H and O–H groups in total. The molecule has 2 aromatic carbocycles. The van der Waals surface area contributed by atoms with Gasteiger partial charge in [-0.15, -0.1) is 0 Å². The maximum Gasteiger partial charge on any atom is 0.310 e. The Hall–Kier alpha value is -2.82. The summed E-state index contributed by atoms with van der Waals surface area (Å²) in [7, 11) is 1.58. The first-order chi connectivity index (χ1) is 12.1. The van der Waals surface area contributed by atoms with Crippen LogP contribution in [0.15, 0.2) is 42.5 Å². The number of anilines is 1. The quantitative estimate of drug-likeness (QED) is 0.822. The van der Waals surface area contributed by atoms with Crippen LogP contribution in [0.2, 0.25) is 0 Å². The number of nitrogens with one attached hydrogen (secondary N) is 1. The van der Waals surface area contributed by atoms with Crippen LogP contribution in [0.3, 0.4) is 0 Å². The molecule has 130 valence electrons.